The maximum atomic E-state index is 12.5. The van der Waals surface area contributed by atoms with Gasteiger partial charge in [-0.2, -0.15) is 0 Å². The molecular weight excluding hydrogens is 308 g/mol. The molecule has 8 nitrogen and oxygen atoms in total. The predicted molar refractivity (Wildman–Crippen MR) is 84.0 cm³/mol. The highest BCUT2D eigenvalue weighted by atomic mass is 32.1. The van der Waals surface area contributed by atoms with Crippen LogP contribution in [0.15, 0.2) is 27.1 Å². The summed E-state index contributed by atoms with van der Waals surface area (Å²) in [5.41, 5.74) is 4.84. The summed E-state index contributed by atoms with van der Waals surface area (Å²) in [7, 11) is 2.76. The molecule has 0 radical (unpaired) electrons. The number of nitro groups is 1. The van der Waals surface area contributed by atoms with Crippen molar-refractivity contribution in [2.45, 2.75) is 18.9 Å². The van der Waals surface area contributed by atoms with Crippen LogP contribution >= 0.6 is 11.3 Å². The van der Waals surface area contributed by atoms with E-state index in [0.29, 0.717) is 4.88 Å². The van der Waals surface area contributed by atoms with E-state index in [1.165, 1.54) is 32.4 Å². The van der Waals surface area contributed by atoms with Gasteiger partial charge in [-0.15, -0.1) is 11.3 Å². The number of nitrogens with zero attached hydrogens (tertiary/aromatic N) is 3. The summed E-state index contributed by atoms with van der Waals surface area (Å²) >= 11 is 1.31. The maximum absolute atomic E-state index is 12.5. The molecular formula is C13H16N4O4S. The minimum Gasteiger partial charge on any atom is -0.385 e. The molecule has 0 saturated carbocycles. The number of nitrogen functional groups attached to an aromatic ring is 1. The van der Waals surface area contributed by atoms with Crippen LogP contribution < -0.4 is 17.0 Å². The van der Waals surface area contributed by atoms with Crippen molar-refractivity contribution in [2.75, 3.05) is 5.73 Å². The molecule has 0 aliphatic carbocycles. The normalized spacial score (nSPS) is 13.8. The van der Waals surface area contributed by atoms with E-state index >= 15 is 0 Å². The van der Waals surface area contributed by atoms with Gasteiger partial charge in [0, 0.05) is 30.8 Å². The van der Waals surface area contributed by atoms with E-state index < -0.39 is 28.1 Å². The van der Waals surface area contributed by atoms with Crippen molar-refractivity contribution in [3.63, 3.8) is 0 Å². The quantitative estimate of drug-likeness (QED) is 0.651. The molecule has 0 spiro atoms. The average Bonchev–Trinajstić information content (AvgIpc) is 3.00. The van der Waals surface area contributed by atoms with Gasteiger partial charge >= 0.3 is 5.69 Å². The van der Waals surface area contributed by atoms with Crippen LogP contribution in [0.3, 0.4) is 0 Å². The third-order valence-corrected chi connectivity index (χ3v) is 4.68. The zero-order valence-corrected chi connectivity index (χ0v) is 13.2. The Morgan fingerprint density at radius 2 is 1.95 bits per heavy atom. The van der Waals surface area contributed by atoms with Gasteiger partial charge in [0.2, 0.25) is 6.04 Å². The monoisotopic (exact) mass is 324 g/mol. The fourth-order valence-corrected chi connectivity index (χ4v) is 3.32. The minimum absolute atomic E-state index is 0.0415. The van der Waals surface area contributed by atoms with Gasteiger partial charge in [-0.1, -0.05) is 6.07 Å². The van der Waals surface area contributed by atoms with Gasteiger partial charge in [-0.25, -0.2) is 4.79 Å². The summed E-state index contributed by atoms with van der Waals surface area (Å²) in [6.45, 7) is 1.42. The van der Waals surface area contributed by atoms with Crippen LogP contribution in [-0.2, 0) is 14.1 Å². The number of hydrogen-bond acceptors (Lipinski definition) is 6. The van der Waals surface area contributed by atoms with E-state index in [9.17, 15) is 19.7 Å². The Morgan fingerprint density at radius 1 is 1.32 bits per heavy atom. The molecule has 118 valence electrons. The second kappa shape index (κ2) is 5.76. The van der Waals surface area contributed by atoms with Crippen LogP contribution in [0.4, 0.5) is 5.82 Å². The van der Waals surface area contributed by atoms with E-state index in [1.807, 2.05) is 0 Å². The van der Waals surface area contributed by atoms with Crippen molar-refractivity contribution in [3.8, 4) is 0 Å². The molecule has 22 heavy (non-hydrogen) atoms. The average molecular weight is 324 g/mol. The summed E-state index contributed by atoms with van der Waals surface area (Å²) in [4.78, 5) is 35.8. The van der Waals surface area contributed by atoms with Gasteiger partial charge < -0.3 is 5.73 Å². The Hall–Kier alpha value is -2.42. The van der Waals surface area contributed by atoms with Crippen LogP contribution in [0.25, 0.3) is 0 Å². The fraction of sp³-hybridized carbons (Fsp3) is 0.385. The first-order chi connectivity index (χ1) is 10.3. The largest absolute Gasteiger partial charge is 0.385 e. The van der Waals surface area contributed by atoms with Gasteiger partial charge in [-0.05, 0) is 11.4 Å². The molecule has 2 rings (SSSR count). The molecule has 0 aliphatic heterocycles. The summed E-state index contributed by atoms with van der Waals surface area (Å²) in [5.74, 6) is -0.847. The molecule has 2 N–H and O–H groups in total. The Balaban J connectivity index is 2.82. The summed E-state index contributed by atoms with van der Waals surface area (Å²) in [6, 6.07) is 2.42. The molecule has 0 amide bonds. The lowest BCUT2D eigenvalue weighted by atomic mass is 9.92. The van der Waals surface area contributed by atoms with Crippen molar-refractivity contribution in [1.82, 2.24) is 9.13 Å². The highest BCUT2D eigenvalue weighted by Gasteiger charge is 2.35. The second-order valence-electron chi connectivity index (χ2n) is 5.02. The van der Waals surface area contributed by atoms with Crippen LogP contribution in [0.5, 0.6) is 0 Å². The van der Waals surface area contributed by atoms with Gasteiger partial charge in [0.25, 0.3) is 5.56 Å². The molecule has 0 aromatic carbocycles. The molecule has 0 unspecified atom stereocenters. The first kappa shape index (κ1) is 16.0. The first-order valence-corrected chi connectivity index (χ1v) is 7.37. The van der Waals surface area contributed by atoms with Crippen molar-refractivity contribution < 1.29 is 4.92 Å². The zero-order chi connectivity index (χ0) is 16.6. The summed E-state index contributed by atoms with van der Waals surface area (Å²) in [5, 5.41) is 13.0. The maximum Gasteiger partial charge on any atom is 0.332 e. The highest BCUT2D eigenvalue weighted by molar-refractivity contribution is 7.10. The molecule has 9 heteroatoms. The minimum atomic E-state index is -1.05. The summed E-state index contributed by atoms with van der Waals surface area (Å²) in [6.07, 6.45) is 0. The third-order valence-electron chi connectivity index (χ3n) is 3.72. The van der Waals surface area contributed by atoms with Crippen molar-refractivity contribution >= 4 is 17.2 Å². The first-order valence-electron chi connectivity index (χ1n) is 6.49. The summed E-state index contributed by atoms with van der Waals surface area (Å²) < 4.78 is 2.04. The topological polar surface area (TPSA) is 113 Å². The molecule has 2 aromatic heterocycles. The fourth-order valence-electron chi connectivity index (χ4n) is 2.39. The predicted octanol–water partition coefficient (Wildman–Crippen LogP) is 0.525. The molecule has 0 bridgehead atoms. The van der Waals surface area contributed by atoms with E-state index in [-0.39, 0.29) is 11.4 Å². The lowest BCUT2D eigenvalue weighted by Gasteiger charge is -2.20. The van der Waals surface area contributed by atoms with Crippen molar-refractivity contribution in [2.24, 2.45) is 14.1 Å². The van der Waals surface area contributed by atoms with E-state index in [1.54, 1.807) is 17.5 Å². The van der Waals surface area contributed by atoms with Gasteiger partial charge in [0.1, 0.15) is 5.82 Å². The molecule has 0 aliphatic rings. The van der Waals surface area contributed by atoms with E-state index in [2.05, 4.69) is 0 Å². The van der Waals surface area contributed by atoms with Gasteiger partial charge in [0.15, 0.2) is 0 Å². The molecule has 2 atom stereocenters. The lowest BCUT2D eigenvalue weighted by Crippen LogP contribution is -2.43. The number of rotatable bonds is 4. The SMILES string of the molecule is C[C@H]([C@H](c1cccs1)c1c(N)n(C)c(=O)n(C)c1=O)[N+](=O)[O-]. The molecule has 0 saturated heterocycles. The number of thiophene rings is 1. The number of aromatic nitrogens is 2. The smallest absolute Gasteiger partial charge is 0.332 e. The highest BCUT2D eigenvalue weighted by Crippen LogP contribution is 2.33. The Bertz CT molecular complexity index is 822. The third kappa shape index (κ3) is 2.43. The van der Waals surface area contributed by atoms with E-state index in [0.717, 1.165) is 9.13 Å². The van der Waals surface area contributed by atoms with Crippen molar-refractivity contribution in [1.29, 1.82) is 0 Å². The van der Waals surface area contributed by atoms with Crippen LogP contribution in [0, 0.1) is 10.1 Å². The van der Waals surface area contributed by atoms with Gasteiger partial charge in [0.05, 0.1) is 11.5 Å². The van der Waals surface area contributed by atoms with Gasteiger partial charge in [-0.3, -0.25) is 24.0 Å². The Morgan fingerprint density at radius 3 is 2.45 bits per heavy atom. The number of hydrogen-bond donors (Lipinski definition) is 1. The standard InChI is InChI=1S/C13H16N4O4S/c1-7(17(20)21)9(8-5-4-6-22-8)10-11(14)15(2)13(19)16(3)12(10)18/h4-7,9H,14H2,1-3H3/t7-,9-/m1/s1. The molecule has 0 fully saturated rings. The molecule has 2 aromatic rings. The van der Waals surface area contributed by atoms with Crippen LogP contribution in [0.2, 0.25) is 0 Å². The zero-order valence-electron chi connectivity index (χ0n) is 12.3. The van der Waals surface area contributed by atoms with E-state index in [4.69, 9.17) is 5.73 Å². The van der Waals surface area contributed by atoms with Crippen LogP contribution in [-0.4, -0.2) is 20.1 Å². The Labute approximate surface area is 129 Å². The lowest BCUT2D eigenvalue weighted by molar-refractivity contribution is -0.520. The molecule has 2 heterocycles. The van der Waals surface area contributed by atoms with Crippen LogP contribution in [0.1, 0.15) is 23.3 Å². The number of nitrogens with two attached hydrogens (primary N) is 1. The van der Waals surface area contributed by atoms with Crippen molar-refractivity contribution in [3.05, 3.63) is 58.9 Å². The Kier molecular flexibility index (Phi) is 4.18. The second-order valence-corrected chi connectivity index (χ2v) is 6.00. The number of anilines is 1.